The monoisotopic (exact) mass is 296 g/mol. The predicted molar refractivity (Wildman–Crippen MR) is 67.3 cm³/mol. The molecule has 8 nitrogen and oxygen atoms in total. The molecule has 0 radical (unpaired) electrons. The van der Waals surface area contributed by atoms with Gasteiger partial charge < -0.3 is 9.47 Å². The van der Waals surface area contributed by atoms with Crippen molar-refractivity contribution in [2.45, 2.75) is 32.9 Å². The van der Waals surface area contributed by atoms with E-state index in [4.69, 9.17) is 0 Å². The molecule has 0 aromatic rings. The highest BCUT2D eigenvalue weighted by molar-refractivity contribution is 7.87. The summed E-state index contributed by atoms with van der Waals surface area (Å²) in [6.45, 7) is 4.65. The summed E-state index contributed by atoms with van der Waals surface area (Å²) in [7, 11) is -1.73. The van der Waals surface area contributed by atoms with Gasteiger partial charge in [0.1, 0.15) is 12.1 Å². The van der Waals surface area contributed by atoms with Crippen LogP contribution in [0.25, 0.3) is 0 Å². The third kappa shape index (κ3) is 5.99. The van der Waals surface area contributed by atoms with Crippen LogP contribution in [0.2, 0.25) is 0 Å². The van der Waals surface area contributed by atoms with Crippen LogP contribution in [0.5, 0.6) is 0 Å². The maximum atomic E-state index is 11.8. The molecule has 0 aliphatic heterocycles. The van der Waals surface area contributed by atoms with Gasteiger partial charge in [0.25, 0.3) is 10.2 Å². The summed E-state index contributed by atoms with van der Waals surface area (Å²) < 4.78 is 36.6. The maximum absolute atomic E-state index is 11.8. The highest BCUT2D eigenvalue weighted by Crippen LogP contribution is 2.05. The van der Waals surface area contributed by atoms with Gasteiger partial charge in [-0.3, -0.25) is 9.59 Å². The Balaban J connectivity index is 4.83. The van der Waals surface area contributed by atoms with Gasteiger partial charge in [-0.1, -0.05) is 13.8 Å². The summed E-state index contributed by atoms with van der Waals surface area (Å²) in [6.07, 6.45) is 0. The van der Waals surface area contributed by atoms with E-state index in [1.54, 1.807) is 13.8 Å². The molecule has 0 heterocycles. The second-order valence-electron chi connectivity index (χ2n) is 4.23. The van der Waals surface area contributed by atoms with E-state index in [-0.39, 0.29) is 5.92 Å². The van der Waals surface area contributed by atoms with Gasteiger partial charge in [0.2, 0.25) is 0 Å². The van der Waals surface area contributed by atoms with E-state index in [1.165, 1.54) is 6.92 Å². The number of ether oxygens (including phenoxy) is 2. The summed E-state index contributed by atoms with van der Waals surface area (Å²) in [4.78, 5) is 22.6. The minimum absolute atomic E-state index is 0.308. The molecule has 0 aliphatic carbocycles. The van der Waals surface area contributed by atoms with Crippen LogP contribution in [-0.2, 0) is 29.3 Å². The van der Waals surface area contributed by atoms with Gasteiger partial charge >= 0.3 is 11.9 Å². The number of carbonyl (C=O) groups is 2. The fourth-order valence-electron chi connectivity index (χ4n) is 1.24. The van der Waals surface area contributed by atoms with Crippen molar-refractivity contribution in [3.05, 3.63) is 0 Å². The Morgan fingerprint density at radius 3 is 1.79 bits per heavy atom. The summed E-state index contributed by atoms with van der Waals surface area (Å²) in [5, 5.41) is 0. The van der Waals surface area contributed by atoms with Gasteiger partial charge in [0.15, 0.2) is 0 Å². The molecule has 2 atom stereocenters. The first kappa shape index (κ1) is 17.8. The first-order valence-corrected chi connectivity index (χ1v) is 7.08. The van der Waals surface area contributed by atoms with Crippen molar-refractivity contribution >= 4 is 22.1 Å². The number of esters is 2. The molecule has 2 N–H and O–H groups in total. The first-order chi connectivity index (χ1) is 8.64. The highest BCUT2D eigenvalue weighted by Gasteiger charge is 2.30. The second kappa shape index (κ2) is 7.41. The van der Waals surface area contributed by atoms with E-state index in [2.05, 4.69) is 18.9 Å². The molecule has 2 unspecified atom stereocenters. The van der Waals surface area contributed by atoms with Gasteiger partial charge in [-0.25, -0.2) is 0 Å². The SMILES string of the molecule is COC(=O)C(C)NS(=O)(=O)NC(C(=O)OC)C(C)C. The lowest BCUT2D eigenvalue weighted by Crippen LogP contribution is -2.52. The Labute approximate surface area is 113 Å². The summed E-state index contributed by atoms with van der Waals surface area (Å²) in [5.74, 6) is -1.74. The van der Waals surface area contributed by atoms with Crippen LogP contribution in [0.1, 0.15) is 20.8 Å². The smallest absolute Gasteiger partial charge is 0.324 e. The zero-order chi connectivity index (χ0) is 15.2. The number of hydrogen-bond acceptors (Lipinski definition) is 6. The summed E-state index contributed by atoms with van der Waals surface area (Å²) in [6, 6.07) is -2.10. The number of rotatable bonds is 7. The van der Waals surface area contributed by atoms with E-state index >= 15 is 0 Å². The Morgan fingerprint density at radius 2 is 1.42 bits per heavy atom. The lowest BCUT2D eigenvalue weighted by atomic mass is 10.1. The molecule has 0 fully saturated rings. The molecule has 0 aromatic carbocycles. The average molecular weight is 296 g/mol. The molecule has 112 valence electrons. The minimum Gasteiger partial charge on any atom is -0.468 e. The molecule has 0 aliphatic rings. The first-order valence-electron chi connectivity index (χ1n) is 5.59. The van der Waals surface area contributed by atoms with Gasteiger partial charge in [0.05, 0.1) is 14.2 Å². The van der Waals surface area contributed by atoms with Crippen LogP contribution < -0.4 is 9.44 Å². The quantitative estimate of drug-likeness (QED) is 0.593. The molecule has 0 spiro atoms. The number of methoxy groups -OCH3 is 2. The zero-order valence-electron chi connectivity index (χ0n) is 11.6. The van der Waals surface area contributed by atoms with Crippen molar-refractivity contribution in [1.29, 1.82) is 0 Å². The molecule has 0 aromatic heterocycles. The Morgan fingerprint density at radius 1 is 0.947 bits per heavy atom. The van der Waals surface area contributed by atoms with Crippen molar-refractivity contribution in [2.75, 3.05) is 14.2 Å². The van der Waals surface area contributed by atoms with Gasteiger partial charge in [-0.15, -0.1) is 0 Å². The highest BCUT2D eigenvalue weighted by atomic mass is 32.2. The van der Waals surface area contributed by atoms with E-state index < -0.39 is 34.2 Å². The molecule has 0 amide bonds. The van der Waals surface area contributed by atoms with Crippen molar-refractivity contribution in [3.63, 3.8) is 0 Å². The molecular formula is C10H20N2O6S. The third-order valence-electron chi connectivity index (χ3n) is 2.29. The molecule has 19 heavy (non-hydrogen) atoms. The fraction of sp³-hybridized carbons (Fsp3) is 0.800. The summed E-state index contributed by atoms with van der Waals surface area (Å²) >= 11 is 0. The van der Waals surface area contributed by atoms with Crippen molar-refractivity contribution in [3.8, 4) is 0 Å². The zero-order valence-corrected chi connectivity index (χ0v) is 12.4. The number of hydrogen-bond donors (Lipinski definition) is 2. The largest absolute Gasteiger partial charge is 0.468 e. The summed E-state index contributed by atoms with van der Waals surface area (Å²) in [5.41, 5.74) is 0. The van der Waals surface area contributed by atoms with Crippen LogP contribution in [0, 0.1) is 5.92 Å². The van der Waals surface area contributed by atoms with Crippen molar-refractivity contribution < 1.29 is 27.5 Å². The lowest BCUT2D eigenvalue weighted by Gasteiger charge is -2.21. The normalized spacial score (nSPS) is 14.8. The van der Waals surface area contributed by atoms with Gasteiger partial charge in [-0.2, -0.15) is 17.9 Å². The number of carbonyl (C=O) groups excluding carboxylic acids is 2. The van der Waals surface area contributed by atoms with Crippen LogP contribution in [0.15, 0.2) is 0 Å². The minimum atomic E-state index is -4.04. The van der Waals surface area contributed by atoms with Crippen LogP contribution >= 0.6 is 0 Å². The van der Waals surface area contributed by atoms with E-state index in [0.29, 0.717) is 0 Å². The molecule has 0 bridgehead atoms. The second-order valence-corrected chi connectivity index (χ2v) is 5.71. The fourth-order valence-corrected chi connectivity index (χ4v) is 2.57. The van der Waals surface area contributed by atoms with Crippen LogP contribution in [-0.4, -0.2) is 46.7 Å². The van der Waals surface area contributed by atoms with Gasteiger partial charge in [-0.05, 0) is 12.8 Å². The lowest BCUT2D eigenvalue weighted by molar-refractivity contribution is -0.143. The maximum Gasteiger partial charge on any atom is 0.324 e. The van der Waals surface area contributed by atoms with Crippen molar-refractivity contribution in [2.24, 2.45) is 5.92 Å². The molecule has 0 saturated heterocycles. The average Bonchev–Trinajstić information content (AvgIpc) is 2.33. The van der Waals surface area contributed by atoms with E-state index in [1.807, 2.05) is 0 Å². The van der Waals surface area contributed by atoms with Crippen LogP contribution in [0.3, 0.4) is 0 Å². The molecular weight excluding hydrogens is 276 g/mol. The topological polar surface area (TPSA) is 111 Å². The van der Waals surface area contributed by atoms with E-state index in [9.17, 15) is 18.0 Å². The molecule has 9 heteroatoms. The predicted octanol–water partition coefficient (Wildman–Crippen LogP) is -0.830. The third-order valence-corrected chi connectivity index (χ3v) is 3.52. The van der Waals surface area contributed by atoms with Crippen molar-refractivity contribution in [1.82, 2.24) is 9.44 Å². The molecule has 0 saturated carbocycles. The number of nitrogens with one attached hydrogen (secondary N) is 2. The standard InChI is InChI=1S/C10H20N2O6S/c1-6(2)8(10(14)18-5)12-19(15,16)11-7(3)9(13)17-4/h6-8,11-12H,1-5H3. The molecule has 0 rings (SSSR count). The van der Waals surface area contributed by atoms with Crippen LogP contribution in [0.4, 0.5) is 0 Å². The van der Waals surface area contributed by atoms with E-state index in [0.717, 1.165) is 14.2 Å². The van der Waals surface area contributed by atoms with Gasteiger partial charge in [0, 0.05) is 0 Å². The Bertz CT molecular complexity index is 420. The Hall–Kier alpha value is -1.19. The Kier molecular flexibility index (Phi) is 6.95.